The summed E-state index contributed by atoms with van der Waals surface area (Å²) in [5.41, 5.74) is 6.78. The molecule has 0 aromatic heterocycles. The molecule has 0 unspecified atom stereocenters. The Labute approximate surface area is 91.0 Å². The molecule has 3 nitrogen and oxygen atoms in total. The highest BCUT2D eigenvalue weighted by Gasteiger charge is 2.11. The smallest absolute Gasteiger partial charge is 0.331 e. The van der Waals surface area contributed by atoms with Crippen LogP contribution in [0, 0.1) is 0 Å². The highest BCUT2D eigenvalue weighted by atomic mass is 16.4. The average molecular weight is 209 g/mol. The van der Waals surface area contributed by atoms with E-state index in [0.717, 1.165) is 5.57 Å². The lowest BCUT2D eigenvalue weighted by Crippen LogP contribution is -2.08. The molecule has 0 aliphatic carbocycles. The number of aliphatic carboxylic acids is 1. The van der Waals surface area contributed by atoms with Crippen LogP contribution in [0.3, 0.4) is 0 Å². The lowest BCUT2D eigenvalue weighted by atomic mass is 9.98. The summed E-state index contributed by atoms with van der Waals surface area (Å²) in [4.78, 5) is 11.0. The van der Waals surface area contributed by atoms with Crippen LogP contribution in [0.2, 0.25) is 0 Å². The molecule has 0 aliphatic heterocycles. The fourth-order valence-electron chi connectivity index (χ4n) is 1.41. The van der Waals surface area contributed by atoms with Crippen molar-refractivity contribution in [2.24, 2.45) is 5.73 Å². The number of carboxylic acid groups (broad SMARTS) is 1. The minimum atomic E-state index is -0.859. The van der Waals surface area contributed by atoms with Crippen LogP contribution in [0.5, 0.6) is 0 Å². The molecule has 0 atom stereocenters. The van der Waals surface area contributed by atoms with Gasteiger partial charge in [0.05, 0.1) is 0 Å². The zero-order chi connectivity index (χ0) is 11.7. The molecule has 3 heteroatoms. The van der Waals surface area contributed by atoms with Crippen molar-refractivity contribution in [3.8, 4) is 0 Å². The summed E-state index contributed by atoms with van der Waals surface area (Å²) >= 11 is 0. The first kappa shape index (κ1) is 13.7. The van der Waals surface area contributed by atoms with E-state index in [4.69, 9.17) is 10.8 Å². The van der Waals surface area contributed by atoms with Gasteiger partial charge in [0.2, 0.25) is 0 Å². The third-order valence-corrected chi connectivity index (χ3v) is 2.12. The summed E-state index contributed by atoms with van der Waals surface area (Å²) in [7, 11) is 0. The van der Waals surface area contributed by atoms with Crippen LogP contribution >= 0.6 is 0 Å². The number of rotatable bonds is 8. The summed E-state index contributed by atoms with van der Waals surface area (Å²) in [6.45, 7) is 7.67. The van der Waals surface area contributed by atoms with E-state index in [9.17, 15) is 4.79 Å². The number of carbonyl (C=O) groups is 1. The molecule has 15 heavy (non-hydrogen) atoms. The highest BCUT2D eigenvalue weighted by Crippen LogP contribution is 2.18. The largest absolute Gasteiger partial charge is 0.478 e. The second-order valence-electron chi connectivity index (χ2n) is 3.25. The van der Waals surface area contributed by atoms with Gasteiger partial charge in [-0.25, -0.2) is 4.79 Å². The second-order valence-corrected chi connectivity index (χ2v) is 3.25. The zero-order valence-corrected chi connectivity index (χ0v) is 9.04. The molecule has 3 N–H and O–H groups in total. The minimum absolute atomic E-state index is 0.459. The summed E-state index contributed by atoms with van der Waals surface area (Å²) in [5, 5.41) is 9.06. The van der Waals surface area contributed by atoms with E-state index in [-0.39, 0.29) is 0 Å². The van der Waals surface area contributed by atoms with Crippen LogP contribution in [0.25, 0.3) is 0 Å². The maximum absolute atomic E-state index is 11.0. The van der Waals surface area contributed by atoms with Gasteiger partial charge in [-0.1, -0.05) is 17.7 Å². The Bertz CT molecular complexity index is 267. The van der Waals surface area contributed by atoms with Gasteiger partial charge >= 0.3 is 5.97 Å². The number of allylic oxidation sites excluding steroid dienone is 2. The highest BCUT2D eigenvalue weighted by molar-refractivity contribution is 5.87. The van der Waals surface area contributed by atoms with Crippen LogP contribution in [0.15, 0.2) is 36.5 Å². The van der Waals surface area contributed by atoms with E-state index in [2.05, 4.69) is 13.2 Å². The second kappa shape index (κ2) is 8.00. The Morgan fingerprint density at radius 3 is 2.33 bits per heavy atom. The number of hydrogen-bond acceptors (Lipinski definition) is 2. The summed E-state index contributed by atoms with van der Waals surface area (Å²) < 4.78 is 0. The molecular weight excluding hydrogens is 190 g/mol. The lowest BCUT2D eigenvalue weighted by Gasteiger charge is -2.09. The minimum Gasteiger partial charge on any atom is -0.478 e. The predicted octanol–water partition coefficient (Wildman–Crippen LogP) is 2.26. The molecule has 0 saturated heterocycles. The molecule has 0 rings (SSSR count). The Hall–Kier alpha value is -1.35. The van der Waals surface area contributed by atoms with Crippen molar-refractivity contribution < 1.29 is 9.90 Å². The molecule has 0 spiro atoms. The number of hydrogen-bond donors (Lipinski definition) is 2. The maximum atomic E-state index is 11.0. The Kier molecular flexibility index (Phi) is 7.28. The van der Waals surface area contributed by atoms with E-state index in [1.807, 2.05) is 0 Å². The molecule has 0 aliphatic rings. The Morgan fingerprint density at radius 1 is 1.27 bits per heavy atom. The fraction of sp³-hybridized carbons (Fsp3) is 0.417. The van der Waals surface area contributed by atoms with E-state index in [1.165, 1.54) is 0 Å². The van der Waals surface area contributed by atoms with E-state index >= 15 is 0 Å². The quantitative estimate of drug-likeness (QED) is 0.476. The molecule has 0 amide bonds. The number of nitrogens with two attached hydrogens (primary N) is 1. The summed E-state index contributed by atoms with van der Waals surface area (Å²) in [5.74, 6) is -0.859. The monoisotopic (exact) mass is 209 g/mol. The third-order valence-electron chi connectivity index (χ3n) is 2.12. The van der Waals surface area contributed by atoms with Crippen molar-refractivity contribution in [2.45, 2.75) is 25.7 Å². The molecule has 0 radical (unpaired) electrons. The Morgan fingerprint density at radius 2 is 1.93 bits per heavy atom. The van der Waals surface area contributed by atoms with Crippen molar-refractivity contribution in [1.29, 1.82) is 0 Å². The number of carboxylic acids is 1. The lowest BCUT2D eigenvalue weighted by molar-refractivity contribution is -0.132. The molecular formula is C12H19NO2. The van der Waals surface area contributed by atoms with Gasteiger partial charge < -0.3 is 10.8 Å². The summed E-state index contributed by atoms with van der Waals surface area (Å²) in [6.07, 6.45) is 5.83. The van der Waals surface area contributed by atoms with Gasteiger partial charge in [-0.2, -0.15) is 0 Å². The van der Waals surface area contributed by atoms with Crippen LogP contribution < -0.4 is 5.73 Å². The predicted molar refractivity (Wildman–Crippen MR) is 62.6 cm³/mol. The topological polar surface area (TPSA) is 63.3 Å². The molecule has 0 aromatic carbocycles. The van der Waals surface area contributed by atoms with E-state index in [0.29, 0.717) is 37.8 Å². The molecule has 0 bridgehead atoms. The first-order chi connectivity index (χ1) is 7.17. The van der Waals surface area contributed by atoms with Crippen molar-refractivity contribution >= 4 is 5.97 Å². The Balaban J connectivity index is 4.85. The van der Waals surface area contributed by atoms with Crippen molar-refractivity contribution in [3.05, 3.63) is 36.5 Å². The molecule has 0 fully saturated rings. The molecule has 0 heterocycles. The summed E-state index contributed by atoms with van der Waals surface area (Å²) in [6, 6.07) is 0. The van der Waals surface area contributed by atoms with E-state index < -0.39 is 5.97 Å². The molecule has 84 valence electrons. The van der Waals surface area contributed by atoms with E-state index in [1.54, 1.807) is 12.2 Å². The van der Waals surface area contributed by atoms with Crippen molar-refractivity contribution in [1.82, 2.24) is 0 Å². The van der Waals surface area contributed by atoms with Gasteiger partial charge in [0.25, 0.3) is 0 Å². The fourth-order valence-corrected chi connectivity index (χ4v) is 1.41. The normalized spacial score (nSPS) is 11.8. The van der Waals surface area contributed by atoms with Gasteiger partial charge in [-0.3, -0.25) is 0 Å². The van der Waals surface area contributed by atoms with Crippen molar-refractivity contribution in [2.75, 3.05) is 6.54 Å². The maximum Gasteiger partial charge on any atom is 0.331 e. The SMILES string of the molecule is C=CCCC(C(=O)O)=C(CC=C)CCN. The van der Waals surface area contributed by atoms with Gasteiger partial charge in [-0.15, -0.1) is 13.2 Å². The molecule has 0 aromatic rings. The average Bonchev–Trinajstić information content (AvgIpc) is 2.18. The first-order valence-electron chi connectivity index (χ1n) is 5.03. The van der Waals surface area contributed by atoms with Crippen LogP contribution in [0.4, 0.5) is 0 Å². The van der Waals surface area contributed by atoms with Gasteiger partial charge in [-0.05, 0) is 32.2 Å². The van der Waals surface area contributed by atoms with Gasteiger partial charge in [0.15, 0.2) is 0 Å². The standard InChI is InChI=1S/C12H19NO2/c1-3-5-7-11(12(14)15)10(6-4-2)8-9-13/h3-4H,1-2,5-9,13H2,(H,14,15). The van der Waals surface area contributed by atoms with Gasteiger partial charge in [0, 0.05) is 5.57 Å². The van der Waals surface area contributed by atoms with Crippen LogP contribution in [-0.2, 0) is 4.79 Å². The zero-order valence-electron chi connectivity index (χ0n) is 9.04. The first-order valence-corrected chi connectivity index (χ1v) is 5.03. The molecule has 0 saturated carbocycles. The van der Waals surface area contributed by atoms with Crippen molar-refractivity contribution in [3.63, 3.8) is 0 Å². The third kappa shape index (κ3) is 5.18. The van der Waals surface area contributed by atoms with Crippen LogP contribution in [0.1, 0.15) is 25.7 Å². The van der Waals surface area contributed by atoms with Gasteiger partial charge in [0.1, 0.15) is 0 Å². The van der Waals surface area contributed by atoms with Crippen LogP contribution in [-0.4, -0.2) is 17.6 Å².